The first-order valence-electron chi connectivity index (χ1n) is 12.1. The number of nitrogens with one attached hydrogen (secondary N) is 4. The first-order chi connectivity index (χ1) is 17.8. The summed E-state index contributed by atoms with van der Waals surface area (Å²) in [5, 5.41) is 16.7. The maximum absolute atomic E-state index is 13.3. The lowest BCUT2D eigenvalue weighted by molar-refractivity contribution is -0.143. The van der Waals surface area contributed by atoms with Crippen molar-refractivity contribution in [3.8, 4) is 0 Å². The van der Waals surface area contributed by atoms with Crippen molar-refractivity contribution in [3.05, 3.63) is 18.2 Å². The van der Waals surface area contributed by atoms with E-state index >= 15 is 0 Å². The summed E-state index contributed by atoms with van der Waals surface area (Å²) in [5.41, 5.74) is 22.3. The molecule has 0 aliphatic heterocycles. The number of hydrogen-bond donors (Lipinski definition) is 9. The van der Waals surface area contributed by atoms with Crippen molar-refractivity contribution in [1.82, 2.24) is 25.9 Å². The molecular weight excluding hydrogens is 500 g/mol. The van der Waals surface area contributed by atoms with E-state index in [-0.39, 0.29) is 37.7 Å². The first-order valence-corrected chi connectivity index (χ1v) is 12.1. The van der Waals surface area contributed by atoms with Gasteiger partial charge in [0.2, 0.25) is 23.6 Å². The van der Waals surface area contributed by atoms with E-state index in [1.54, 1.807) is 6.92 Å². The van der Waals surface area contributed by atoms with Crippen LogP contribution in [0.15, 0.2) is 17.5 Å². The predicted molar refractivity (Wildman–Crippen MR) is 137 cm³/mol. The number of nitrogens with two attached hydrogens (primary N) is 4. The summed E-state index contributed by atoms with van der Waals surface area (Å²) in [6.07, 6.45) is 3.28. The van der Waals surface area contributed by atoms with Gasteiger partial charge in [-0.15, -0.1) is 0 Å². The minimum absolute atomic E-state index is 0.0256. The minimum Gasteiger partial charge on any atom is -0.480 e. The normalized spacial score (nSPS) is 14.7. The number of aliphatic imine (C=N–C) groups is 1. The molecule has 0 radical (unpaired) electrons. The number of amides is 4. The molecule has 5 unspecified atom stereocenters. The molecule has 0 aliphatic carbocycles. The number of aromatic nitrogens is 2. The molecule has 0 aromatic carbocycles. The van der Waals surface area contributed by atoms with Crippen molar-refractivity contribution >= 4 is 35.6 Å². The fourth-order valence-corrected chi connectivity index (χ4v) is 3.40. The van der Waals surface area contributed by atoms with E-state index in [9.17, 15) is 29.1 Å². The lowest BCUT2D eigenvalue weighted by Crippen LogP contribution is -2.59. The van der Waals surface area contributed by atoms with Crippen LogP contribution in [0.5, 0.6) is 0 Å². The lowest BCUT2D eigenvalue weighted by atomic mass is 9.96. The number of carbonyl (C=O) groups excluding carboxylic acids is 4. The standard InChI is InChI=1S/C22H38N10O6/c1-3-11(2)17(32-18(34)13(23)7-12-9-27-10-29-12)20(36)30-14(5-4-6-28-22(25)26)19(35)31-15(21(37)38)8-16(24)33/h9-11,13-15,17H,3-8,23H2,1-2H3,(H2,24,33)(H,27,29)(H,30,36)(H,31,35)(H,32,34)(H,37,38)(H4,25,26,28). The predicted octanol–water partition coefficient (Wildman–Crippen LogP) is -3.21. The van der Waals surface area contributed by atoms with Crippen molar-refractivity contribution in [2.75, 3.05) is 6.54 Å². The molecule has 0 bridgehead atoms. The van der Waals surface area contributed by atoms with Gasteiger partial charge >= 0.3 is 5.97 Å². The molecule has 0 saturated heterocycles. The van der Waals surface area contributed by atoms with Crippen LogP contribution in [0.2, 0.25) is 0 Å². The van der Waals surface area contributed by atoms with Crippen LogP contribution in [-0.2, 0) is 30.4 Å². The van der Waals surface area contributed by atoms with Gasteiger partial charge in [-0.2, -0.15) is 0 Å². The van der Waals surface area contributed by atoms with E-state index < -0.39 is 60.2 Å². The van der Waals surface area contributed by atoms with Gasteiger partial charge < -0.3 is 49.0 Å². The number of nitrogens with zero attached hydrogens (tertiary/aromatic N) is 2. The lowest BCUT2D eigenvalue weighted by Gasteiger charge is -2.28. The van der Waals surface area contributed by atoms with Gasteiger partial charge in [0.05, 0.1) is 18.8 Å². The van der Waals surface area contributed by atoms with Gasteiger partial charge in [0, 0.05) is 24.9 Å². The van der Waals surface area contributed by atoms with E-state index in [4.69, 9.17) is 22.9 Å². The number of hydrogen-bond acceptors (Lipinski definition) is 8. The number of aliphatic carboxylic acids is 1. The third-order valence-corrected chi connectivity index (χ3v) is 5.72. The van der Waals surface area contributed by atoms with Crippen LogP contribution in [-0.4, -0.2) is 81.3 Å². The van der Waals surface area contributed by atoms with Crippen LogP contribution in [0, 0.1) is 5.92 Å². The minimum atomic E-state index is -1.59. The van der Waals surface area contributed by atoms with E-state index in [2.05, 4.69) is 30.9 Å². The zero-order chi connectivity index (χ0) is 28.8. The second kappa shape index (κ2) is 15.8. The highest BCUT2D eigenvalue weighted by atomic mass is 16.4. The molecule has 5 atom stereocenters. The Labute approximate surface area is 219 Å². The molecule has 16 nitrogen and oxygen atoms in total. The van der Waals surface area contributed by atoms with Crippen molar-refractivity contribution in [2.45, 2.75) is 70.1 Å². The maximum atomic E-state index is 13.3. The molecule has 0 fully saturated rings. The molecule has 0 aliphatic rings. The second-order valence-corrected chi connectivity index (χ2v) is 8.84. The van der Waals surface area contributed by atoms with Gasteiger partial charge in [-0.1, -0.05) is 20.3 Å². The average molecular weight is 539 g/mol. The number of carboxylic acids is 1. The Morgan fingerprint density at radius 2 is 1.71 bits per heavy atom. The van der Waals surface area contributed by atoms with Crippen LogP contribution in [0.4, 0.5) is 0 Å². The van der Waals surface area contributed by atoms with Crippen LogP contribution < -0.4 is 38.9 Å². The number of carboxylic acid groups (broad SMARTS) is 1. The molecule has 1 rings (SSSR count). The summed E-state index contributed by atoms with van der Waals surface area (Å²) < 4.78 is 0. The monoisotopic (exact) mass is 538 g/mol. The topological polar surface area (TPSA) is 287 Å². The summed E-state index contributed by atoms with van der Waals surface area (Å²) in [4.78, 5) is 72.2. The van der Waals surface area contributed by atoms with Gasteiger partial charge in [0.15, 0.2) is 5.96 Å². The van der Waals surface area contributed by atoms with E-state index in [0.29, 0.717) is 12.1 Å². The summed E-state index contributed by atoms with van der Waals surface area (Å²) in [7, 11) is 0. The Morgan fingerprint density at radius 1 is 1.05 bits per heavy atom. The van der Waals surface area contributed by atoms with Crippen LogP contribution in [0.1, 0.15) is 45.2 Å². The zero-order valence-corrected chi connectivity index (χ0v) is 21.5. The molecule has 1 aromatic rings. The number of primary amides is 1. The molecule has 38 heavy (non-hydrogen) atoms. The molecule has 4 amide bonds. The van der Waals surface area contributed by atoms with Crippen molar-refractivity contribution in [1.29, 1.82) is 0 Å². The van der Waals surface area contributed by atoms with Crippen LogP contribution in [0.3, 0.4) is 0 Å². The van der Waals surface area contributed by atoms with Crippen molar-refractivity contribution < 1.29 is 29.1 Å². The van der Waals surface area contributed by atoms with Crippen molar-refractivity contribution in [2.24, 2.45) is 33.8 Å². The molecular formula is C22H38N10O6. The number of imidazole rings is 1. The van der Waals surface area contributed by atoms with Gasteiger partial charge in [-0.25, -0.2) is 9.78 Å². The maximum Gasteiger partial charge on any atom is 0.326 e. The van der Waals surface area contributed by atoms with Gasteiger partial charge in [0.25, 0.3) is 0 Å². The third kappa shape index (κ3) is 11.2. The largest absolute Gasteiger partial charge is 0.480 e. The summed E-state index contributed by atoms with van der Waals surface area (Å²) in [5.74, 6) is -5.03. The number of rotatable bonds is 17. The molecule has 1 aromatic heterocycles. The second-order valence-electron chi connectivity index (χ2n) is 8.84. The van der Waals surface area contributed by atoms with Crippen LogP contribution in [0.25, 0.3) is 0 Å². The highest BCUT2D eigenvalue weighted by molar-refractivity contribution is 5.95. The van der Waals surface area contributed by atoms with E-state index in [0.717, 1.165) is 0 Å². The highest BCUT2D eigenvalue weighted by Crippen LogP contribution is 2.11. The Hall–Kier alpha value is -4.21. The Morgan fingerprint density at radius 3 is 2.24 bits per heavy atom. The third-order valence-electron chi connectivity index (χ3n) is 5.72. The van der Waals surface area contributed by atoms with Gasteiger partial charge in [0.1, 0.15) is 18.1 Å². The average Bonchev–Trinajstić information content (AvgIpc) is 3.35. The SMILES string of the molecule is CCC(C)C(NC(=O)C(N)Cc1cnc[nH]1)C(=O)NC(CCCN=C(N)N)C(=O)NC(CC(N)=O)C(=O)O. The summed E-state index contributed by atoms with van der Waals surface area (Å²) >= 11 is 0. The molecule has 16 heteroatoms. The van der Waals surface area contributed by atoms with E-state index in [1.807, 2.05) is 6.92 Å². The first kappa shape index (κ1) is 31.8. The van der Waals surface area contributed by atoms with Crippen molar-refractivity contribution in [3.63, 3.8) is 0 Å². The summed E-state index contributed by atoms with van der Waals surface area (Å²) in [6, 6.07) is -4.84. The molecule has 212 valence electrons. The molecule has 0 spiro atoms. The Kier molecular flexibility index (Phi) is 13.2. The quantitative estimate of drug-likeness (QED) is 0.0543. The van der Waals surface area contributed by atoms with Crippen LogP contribution >= 0.6 is 0 Å². The number of guanidine groups is 1. The number of carbonyl (C=O) groups is 5. The molecule has 0 saturated carbocycles. The highest BCUT2D eigenvalue weighted by Gasteiger charge is 2.32. The molecule has 1 heterocycles. The Balaban J connectivity index is 3.03. The fourth-order valence-electron chi connectivity index (χ4n) is 3.40. The fraction of sp³-hybridized carbons (Fsp3) is 0.591. The van der Waals surface area contributed by atoms with Gasteiger partial charge in [-0.05, 0) is 18.8 Å². The zero-order valence-electron chi connectivity index (χ0n) is 21.5. The number of H-pyrrole nitrogens is 1. The molecule has 13 N–H and O–H groups in total. The smallest absolute Gasteiger partial charge is 0.326 e. The van der Waals surface area contributed by atoms with Gasteiger partial charge in [-0.3, -0.25) is 24.2 Å². The summed E-state index contributed by atoms with van der Waals surface area (Å²) in [6.45, 7) is 3.70. The van der Waals surface area contributed by atoms with E-state index in [1.165, 1.54) is 12.5 Å². The Bertz CT molecular complexity index is 979. The number of aromatic amines is 1.